The number of anilines is 3. The summed E-state index contributed by atoms with van der Waals surface area (Å²) in [6.45, 7) is 19.7. The van der Waals surface area contributed by atoms with Gasteiger partial charge in [-0.2, -0.15) is 0 Å². The highest BCUT2D eigenvalue weighted by Gasteiger charge is 2.24. The molecule has 31 nitrogen and oxygen atoms in total. The number of aromatic nitrogens is 10. The molecule has 7 heterocycles. The first-order chi connectivity index (χ1) is 52.4. The normalized spacial score (nSPS) is 11.6. The number of halogens is 2. The molecule has 0 aliphatic carbocycles. The van der Waals surface area contributed by atoms with Crippen LogP contribution in [-0.2, 0) is 52.1 Å². The monoisotopic (exact) mass is 1630 g/mol. The van der Waals surface area contributed by atoms with Crippen LogP contribution >= 0.6 is 22.3 Å². The molecular weight excluding hydrogens is 1520 g/mol. The number of hydrogen-bond donors (Lipinski definition) is 12. The molecule has 0 atom stereocenters. The number of imidazole rings is 3. The van der Waals surface area contributed by atoms with E-state index in [-0.39, 0.29) is 21.8 Å². The maximum absolute atomic E-state index is 10.7. The van der Waals surface area contributed by atoms with Crippen molar-refractivity contribution in [3.63, 3.8) is 0 Å². The Balaban J connectivity index is 0.000000250. The average molecular weight is 1630 g/mol. The molecule has 0 amide bonds. The molecule has 12 aromatic rings. The maximum atomic E-state index is 10.7. The summed E-state index contributed by atoms with van der Waals surface area (Å²) >= 11 is 4.94. The van der Waals surface area contributed by atoms with E-state index in [1.165, 1.54) is 25.4 Å². The number of nitrogens with two attached hydrogens (primary N) is 3. The first-order valence-corrected chi connectivity index (χ1v) is 38.5. The van der Waals surface area contributed by atoms with Gasteiger partial charge in [0.25, 0.3) is 14.6 Å². The minimum atomic E-state index is -3.55. The smallest absolute Gasteiger partial charge is 0.270 e. The standard InChI is InChI=1S/C18H24N4O3.C18H23N3O4.C18H23N3O3.C14H19N3O2.C7H7ClO2S.C4H7ClO2.H3N.H2O/c1-18(2,23)8-10-25-12-6-4-5-11-14(12)15-16(17(19)20-11)22-13(21-15)7-9-24-3;1-18(2,22)8-10-25-14-6-4-5-13-16(14)17-12(11-21(13)23)19-15(20-17)7-9-24-3;1-18(2,22)8-10-24-14-6-4-5-12-16(14)17-13(11-19-12)20-15(21-17)7-9-23-3;1-14(2,18)6-7-19-11-5-3-4-10-12(11)13(16)9(15)8-17-10;1-6-2-4-7(5-3-6)11(8,9)10;1-7-3-2-4(5)6;;/h4-6,23H,7-10H2,1-3H3,(H2,19,20)(H,21,22);4-6,11,22-23H,7-10H2,1-3H3;4-6,11,22H,7-10H2,1-3H3,(H,20,21);3-5,8,18H,6-7,15H2,1-2H3,(H2,16,17);2-5H,1H3;2-3H2,1H3;1H3;1H2/p+1. The van der Waals surface area contributed by atoms with Crippen molar-refractivity contribution >= 4 is 130 Å². The zero-order valence-electron chi connectivity index (χ0n) is 66.2. The third kappa shape index (κ3) is 29.1. The van der Waals surface area contributed by atoms with Gasteiger partial charge in [0, 0.05) is 101 Å². The number of H-pyrrole nitrogens is 3. The lowest BCUT2D eigenvalue weighted by atomic mass is 10.1. The Hall–Kier alpha value is -9.65. The molecule has 12 rings (SSSR count). The lowest BCUT2D eigenvalue weighted by molar-refractivity contribution is -0.883. The summed E-state index contributed by atoms with van der Waals surface area (Å²) in [6, 6.07) is 28.8. The third-order valence-corrected chi connectivity index (χ3v) is 18.2. The SMILES string of the molecule is CC(C)(O)CCOc1cccc2ncc(N)c(N)c12.COCCC(=O)Cl.COCCc1nc2c([nH]1)c(N)nc1cccc(OCCC(C)(C)O)c12.COCCc1nc2c(c[n+](O)c3cccc(OCCC(C)(C)O)c23)[nH]1.COCCc1nc2c(cnc3cccc(OCCC(C)(C)O)c32)[nH]1.Cc1ccc(S(=O)(=O)Cl)cc1.N.O. The zero-order valence-corrected chi connectivity index (χ0v) is 68.6. The average Bonchev–Trinajstić information content (AvgIpc) is 1.69. The summed E-state index contributed by atoms with van der Waals surface area (Å²) in [6.07, 6.45) is 9.36. The Bertz CT molecular complexity index is 5140. The van der Waals surface area contributed by atoms with E-state index in [1.807, 2.05) is 73.7 Å². The Labute approximate surface area is 666 Å². The molecule has 0 aliphatic heterocycles. The van der Waals surface area contributed by atoms with E-state index in [0.29, 0.717) is 150 Å². The number of nitrogens with zero attached hydrogens (tertiary/aromatic N) is 7. The van der Waals surface area contributed by atoms with Crippen molar-refractivity contribution in [1.29, 1.82) is 0 Å². The van der Waals surface area contributed by atoms with Crippen LogP contribution in [0.2, 0.25) is 0 Å². The van der Waals surface area contributed by atoms with Crippen LogP contribution in [0, 0.1) is 6.92 Å². The van der Waals surface area contributed by atoms with E-state index in [4.69, 9.17) is 77.6 Å². The second-order valence-electron chi connectivity index (χ2n) is 28.5. The van der Waals surface area contributed by atoms with Gasteiger partial charge in [-0.25, -0.2) is 28.4 Å². The van der Waals surface area contributed by atoms with Gasteiger partial charge in [0.2, 0.25) is 11.4 Å². The van der Waals surface area contributed by atoms with Crippen LogP contribution in [0.5, 0.6) is 23.0 Å². The fourth-order valence-electron chi connectivity index (χ4n) is 10.6. The summed E-state index contributed by atoms with van der Waals surface area (Å²) in [5.41, 5.74) is 24.2. The molecule has 0 unspecified atom stereocenters. The number of pyridine rings is 4. The molecule has 113 heavy (non-hydrogen) atoms. The number of nitrogens with one attached hydrogen (secondary N) is 3. The van der Waals surface area contributed by atoms with Crippen LogP contribution < -0.4 is 47.0 Å². The van der Waals surface area contributed by atoms with E-state index in [0.717, 1.165) is 99.2 Å². The summed E-state index contributed by atoms with van der Waals surface area (Å²) in [5.74, 6) is 5.54. The van der Waals surface area contributed by atoms with Gasteiger partial charge in [-0.05, 0) is 129 Å². The third-order valence-electron chi connectivity index (χ3n) is 16.6. The van der Waals surface area contributed by atoms with Crippen LogP contribution in [0.1, 0.15) is 111 Å². The number of aryl methyl sites for hydroxylation is 1. The quantitative estimate of drug-likeness (QED) is 0.0118. The molecule has 7 aromatic heterocycles. The number of benzene rings is 5. The molecule has 0 saturated carbocycles. The van der Waals surface area contributed by atoms with Gasteiger partial charge < -0.3 is 102 Å². The molecule has 0 saturated heterocycles. The molecule has 616 valence electrons. The molecule has 0 aliphatic rings. The number of hydrogen-bond acceptors (Lipinski definition) is 26. The predicted octanol–water partition coefficient (Wildman–Crippen LogP) is 11.2. The molecule has 0 radical (unpaired) electrons. The van der Waals surface area contributed by atoms with Gasteiger partial charge in [-0.3, -0.25) is 20.0 Å². The van der Waals surface area contributed by atoms with Crippen LogP contribution in [-0.4, -0.2) is 193 Å². The number of rotatable bonds is 29. The van der Waals surface area contributed by atoms with E-state index in [1.54, 1.807) is 107 Å². The molecule has 0 fully saturated rings. The predicted molar refractivity (Wildman–Crippen MR) is 441 cm³/mol. The second-order valence-corrected chi connectivity index (χ2v) is 31.5. The number of ether oxygens (including phenoxy) is 8. The number of aliphatic hydroxyl groups is 4. The number of aromatic amines is 3. The van der Waals surface area contributed by atoms with Gasteiger partial charge in [0.1, 0.15) is 79.3 Å². The molecule has 34 heteroatoms. The Morgan fingerprint density at radius 2 is 0.894 bits per heavy atom. The van der Waals surface area contributed by atoms with Crippen LogP contribution in [0.15, 0.2) is 121 Å². The summed E-state index contributed by atoms with van der Waals surface area (Å²) in [4.78, 5) is 46.9. The van der Waals surface area contributed by atoms with Crippen LogP contribution in [0.4, 0.5) is 17.2 Å². The number of fused-ring (bicyclic) bond motifs is 10. The Kier molecular flexibility index (Phi) is 35.8. The fourth-order valence-corrected chi connectivity index (χ4v) is 11.5. The van der Waals surface area contributed by atoms with Crippen molar-refractivity contribution in [2.24, 2.45) is 0 Å². The van der Waals surface area contributed by atoms with Gasteiger partial charge in [0.05, 0.1) is 142 Å². The molecule has 5 aromatic carbocycles. The van der Waals surface area contributed by atoms with Crippen molar-refractivity contribution in [3.8, 4) is 23.0 Å². The van der Waals surface area contributed by atoms with Crippen molar-refractivity contribution in [2.45, 2.75) is 141 Å². The minimum absolute atomic E-state index is 0. The van der Waals surface area contributed by atoms with E-state index < -0.39 is 31.5 Å². The fraction of sp³-hybridized carbons (Fsp3) is 0.418. The van der Waals surface area contributed by atoms with Crippen molar-refractivity contribution < 1.29 is 86.9 Å². The highest BCUT2D eigenvalue weighted by Crippen LogP contribution is 2.37. The van der Waals surface area contributed by atoms with Crippen LogP contribution in [0.3, 0.4) is 0 Å². The molecule has 0 bridgehead atoms. The van der Waals surface area contributed by atoms with Crippen molar-refractivity contribution in [1.82, 2.24) is 51.0 Å². The highest BCUT2D eigenvalue weighted by atomic mass is 35.7. The first kappa shape index (κ1) is 93.9. The molecule has 19 N–H and O–H groups in total. The minimum Gasteiger partial charge on any atom is -0.493 e. The summed E-state index contributed by atoms with van der Waals surface area (Å²) in [5, 5.41) is 52.3. The Morgan fingerprint density at radius 1 is 0.504 bits per heavy atom. The number of carbonyl (C=O) groups excluding carboxylic acids is 1. The van der Waals surface area contributed by atoms with Crippen molar-refractivity contribution in [3.05, 3.63) is 139 Å². The largest absolute Gasteiger partial charge is 0.493 e. The van der Waals surface area contributed by atoms with Gasteiger partial charge >= 0.3 is 0 Å². The lowest BCUT2D eigenvalue weighted by Crippen LogP contribution is -2.30. The molecule has 0 spiro atoms. The highest BCUT2D eigenvalue weighted by molar-refractivity contribution is 8.13. The van der Waals surface area contributed by atoms with E-state index >= 15 is 0 Å². The molecular formula is C79H109Cl2N14O17S+. The summed E-state index contributed by atoms with van der Waals surface area (Å²) in [7, 11) is 8.04. The Morgan fingerprint density at radius 3 is 1.34 bits per heavy atom. The first-order valence-electron chi connectivity index (χ1n) is 35.8. The van der Waals surface area contributed by atoms with Gasteiger partial charge in [-0.1, -0.05) is 42.0 Å². The van der Waals surface area contributed by atoms with Crippen molar-refractivity contribution in [2.75, 3.05) is 98.5 Å². The zero-order chi connectivity index (χ0) is 81.4. The summed E-state index contributed by atoms with van der Waals surface area (Å²) < 4.78 is 65.8. The number of carbonyl (C=O) groups is 1. The second kappa shape index (κ2) is 43.0. The van der Waals surface area contributed by atoms with Crippen LogP contribution in [0.25, 0.3) is 76.7 Å². The lowest BCUT2D eigenvalue weighted by Gasteiger charge is -2.18. The van der Waals surface area contributed by atoms with Gasteiger partial charge in [-0.15, -0.1) is 0 Å². The van der Waals surface area contributed by atoms with E-state index in [2.05, 4.69) is 44.6 Å². The topological polar surface area (TPSA) is 499 Å². The number of methoxy groups -OCH3 is 4. The number of nitrogen functional groups attached to an aromatic ring is 3. The van der Waals surface area contributed by atoms with E-state index in [9.17, 15) is 38.8 Å². The van der Waals surface area contributed by atoms with Gasteiger partial charge in [0.15, 0.2) is 0 Å². The maximum Gasteiger partial charge on any atom is 0.270 e.